The Hall–Kier alpha value is -2.37. The maximum atomic E-state index is 11.7. The molecule has 1 aromatic carbocycles. The van der Waals surface area contributed by atoms with E-state index in [1.54, 1.807) is 13.8 Å². The van der Waals surface area contributed by atoms with Gasteiger partial charge in [-0.15, -0.1) is 0 Å². The van der Waals surface area contributed by atoms with Crippen LogP contribution in [-0.2, 0) is 4.74 Å². The van der Waals surface area contributed by atoms with Gasteiger partial charge in [0.15, 0.2) is 0 Å². The first-order valence-corrected chi connectivity index (χ1v) is 5.22. The van der Waals surface area contributed by atoms with E-state index < -0.39 is 10.9 Å². The molecule has 2 aromatic rings. The quantitative estimate of drug-likeness (QED) is 0.464. The molecule has 94 valence electrons. The maximum absolute atomic E-state index is 11.7. The lowest BCUT2D eigenvalue weighted by atomic mass is 10.1. The van der Waals surface area contributed by atoms with Crippen LogP contribution in [0.5, 0.6) is 0 Å². The fourth-order valence-corrected chi connectivity index (χ4v) is 1.98. The second-order valence-electron chi connectivity index (χ2n) is 3.92. The van der Waals surface area contributed by atoms with Crippen LogP contribution in [0.4, 0.5) is 5.69 Å². The SMILES string of the molecule is COC(=O)c1c(C)oc2cc([N+](=O)[O-])cc(C)c12. The van der Waals surface area contributed by atoms with Gasteiger partial charge in [0.2, 0.25) is 0 Å². The zero-order chi connectivity index (χ0) is 13.4. The summed E-state index contributed by atoms with van der Waals surface area (Å²) in [6.45, 7) is 3.31. The molecule has 0 aliphatic rings. The lowest BCUT2D eigenvalue weighted by Gasteiger charge is -2.00. The number of ether oxygens (including phenoxy) is 1. The Morgan fingerprint density at radius 3 is 2.61 bits per heavy atom. The highest BCUT2D eigenvalue weighted by atomic mass is 16.6. The molecular weight excluding hydrogens is 238 g/mol. The average molecular weight is 249 g/mol. The van der Waals surface area contributed by atoms with Crippen molar-refractivity contribution in [2.45, 2.75) is 13.8 Å². The number of furan rings is 1. The molecule has 6 heteroatoms. The number of esters is 1. The van der Waals surface area contributed by atoms with E-state index >= 15 is 0 Å². The van der Waals surface area contributed by atoms with Crippen LogP contribution in [0.15, 0.2) is 16.5 Å². The second kappa shape index (κ2) is 4.14. The molecule has 0 amide bonds. The Bertz CT molecular complexity index is 656. The van der Waals surface area contributed by atoms with Crippen molar-refractivity contribution in [3.8, 4) is 0 Å². The average Bonchev–Trinajstić information content (AvgIpc) is 2.64. The minimum absolute atomic E-state index is 0.0647. The summed E-state index contributed by atoms with van der Waals surface area (Å²) in [5, 5.41) is 11.3. The summed E-state index contributed by atoms with van der Waals surface area (Å²) in [5.41, 5.74) is 1.18. The maximum Gasteiger partial charge on any atom is 0.342 e. The molecule has 0 saturated heterocycles. The third-order valence-corrected chi connectivity index (χ3v) is 2.75. The Kier molecular flexibility index (Phi) is 2.78. The van der Waals surface area contributed by atoms with Crippen molar-refractivity contribution in [3.05, 3.63) is 39.1 Å². The predicted octanol–water partition coefficient (Wildman–Crippen LogP) is 2.74. The van der Waals surface area contributed by atoms with Gasteiger partial charge in [0, 0.05) is 11.5 Å². The number of aryl methyl sites for hydroxylation is 2. The zero-order valence-electron chi connectivity index (χ0n) is 10.1. The minimum Gasteiger partial charge on any atom is -0.465 e. The van der Waals surface area contributed by atoms with E-state index in [1.165, 1.54) is 19.2 Å². The molecule has 0 unspecified atom stereocenters. The van der Waals surface area contributed by atoms with Crippen LogP contribution < -0.4 is 0 Å². The molecular formula is C12H11NO5. The van der Waals surface area contributed by atoms with E-state index in [1.807, 2.05) is 0 Å². The van der Waals surface area contributed by atoms with Gasteiger partial charge < -0.3 is 9.15 Å². The zero-order valence-corrected chi connectivity index (χ0v) is 10.1. The third-order valence-electron chi connectivity index (χ3n) is 2.75. The summed E-state index contributed by atoms with van der Waals surface area (Å²) in [4.78, 5) is 21.9. The smallest absolute Gasteiger partial charge is 0.342 e. The van der Waals surface area contributed by atoms with Crippen molar-refractivity contribution in [2.75, 3.05) is 7.11 Å². The fraction of sp³-hybridized carbons (Fsp3) is 0.250. The summed E-state index contributed by atoms with van der Waals surface area (Å²) < 4.78 is 10.1. The van der Waals surface area contributed by atoms with Crippen LogP contribution in [0.1, 0.15) is 21.7 Å². The molecule has 0 aliphatic carbocycles. The molecule has 0 saturated carbocycles. The highest BCUT2D eigenvalue weighted by Gasteiger charge is 2.22. The number of benzene rings is 1. The van der Waals surface area contributed by atoms with Crippen molar-refractivity contribution in [1.82, 2.24) is 0 Å². The van der Waals surface area contributed by atoms with Gasteiger partial charge in [-0.25, -0.2) is 4.79 Å². The minimum atomic E-state index is -0.511. The van der Waals surface area contributed by atoms with E-state index in [0.717, 1.165) is 0 Å². The first-order valence-electron chi connectivity index (χ1n) is 5.22. The van der Waals surface area contributed by atoms with Gasteiger partial charge in [-0.05, 0) is 19.4 Å². The summed E-state index contributed by atoms with van der Waals surface area (Å²) in [7, 11) is 1.28. The number of non-ortho nitro benzene ring substituents is 1. The van der Waals surface area contributed by atoms with Gasteiger partial charge in [-0.1, -0.05) is 0 Å². The predicted molar refractivity (Wildman–Crippen MR) is 63.7 cm³/mol. The van der Waals surface area contributed by atoms with Crippen LogP contribution in [0, 0.1) is 24.0 Å². The summed E-state index contributed by atoms with van der Waals surface area (Å²) in [6.07, 6.45) is 0. The molecule has 0 atom stereocenters. The number of rotatable bonds is 2. The van der Waals surface area contributed by atoms with Crippen LogP contribution in [0.25, 0.3) is 11.0 Å². The number of methoxy groups -OCH3 is 1. The molecule has 0 N–H and O–H groups in total. The van der Waals surface area contributed by atoms with Gasteiger partial charge in [-0.2, -0.15) is 0 Å². The number of nitro groups is 1. The van der Waals surface area contributed by atoms with Crippen LogP contribution in [0.2, 0.25) is 0 Å². The lowest BCUT2D eigenvalue weighted by Crippen LogP contribution is -2.02. The highest BCUT2D eigenvalue weighted by Crippen LogP contribution is 2.32. The van der Waals surface area contributed by atoms with Crippen molar-refractivity contribution < 1.29 is 18.9 Å². The molecule has 1 aromatic heterocycles. The van der Waals surface area contributed by atoms with Crippen molar-refractivity contribution in [1.29, 1.82) is 0 Å². The number of hydrogen-bond acceptors (Lipinski definition) is 5. The second-order valence-corrected chi connectivity index (χ2v) is 3.92. The summed E-state index contributed by atoms with van der Waals surface area (Å²) in [5.74, 6) is -0.122. The van der Waals surface area contributed by atoms with E-state index in [9.17, 15) is 14.9 Å². The monoisotopic (exact) mass is 249 g/mol. The number of nitrogens with zero attached hydrogens (tertiary/aromatic N) is 1. The number of hydrogen-bond donors (Lipinski definition) is 0. The van der Waals surface area contributed by atoms with Gasteiger partial charge in [0.1, 0.15) is 16.9 Å². The van der Waals surface area contributed by atoms with Gasteiger partial charge in [-0.3, -0.25) is 10.1 Å². The number of carbonyl (C=O) groups is 1. The molecule has 0 fully saturated rings. The van der Waals surface area contributed by atoms with E-state index in [0.29, 0.717) is 27.9 Å². The molecule has 0 bridgehead atoms. The van der Waals surface area contributed by atoms with E-state index in [2.05, 4.69) is 4.74 Å². The standard InChI is InChI=1S/C12H11NO5/c1-6-4-8(13(15)16)5-9-10(6)11(7(2)18-9)12(14)17-3/h4-5H,1-3H3. The Morgan fingerprint density at radius 1 is 1.39 bits per heavy atom. The molecule has 2 rings (SSSR count). The third kappa shape index (κ3) is 1.71. The normalized spacial score (nSPS) is 10.6. The molecule has 6 nitrogen and oxygen atoms in total. The van der Waals surface area contributed by atoms with E-state index in [4.69, 9.17) is 4.42 Å². The van der Waals surface area contributed by atoms with Gasteiger partial charge >= 0.3 is 5.97 Å². The molecule has 0 aliphatic heterocycles. The van der Waals surface area contributed by atoms with Gasteiger partial charge in [0.25, 0.3) is 5.69 Å². The topological polar surface area (TPSA) is 82.6 Å². The number of nitro benzene ring substituents is 1. The number of carbonyl (C=O) groups excluding carboxylic acids is 1. The Morgan fingerprint density at radius 2 is 2.06 bits per heavy atom. The van der Waals surface area contributed by atoms with Crippen molar-refractivity contribution in [2.24, 2.45) is 0 Å². The molecule has 0 spiro atoms. The van der Waals surface area contributed by atoms with E-state index in [-0.39, 0.29) is 5.69 Å². The fourth-order valence-electron chi connectivity index (χ4n) is 1.98. The first-order chi connectivity index (χ1) is 8.45. The highest BCUT2D eigenvalue weighted by molar-refractivity contribution is 6.06. The Labute approximate surface area is 102 Å². The largest absolute Gasteiger partial charge is 0.465 e. The summed E-state index contributed by atoms with van der Waals surface area (Å²) >= 11 is 0. The van der Waals surface area contributed by atoms with Crippen LogP contribution in [-0.4, -0.2) is 18.0 Å². The van der Waals surface area contributed by atoms with Crippen molar-refractivity contribution >= 4 is 22.6 Å². The Balaban J connectivity index is 2.80. The van der Waals surface area contributed by atoms with Gasteiger partial charge in [0.05, 0.1) is 18.1 Å². The van der Waals surface area contributed by atoms with Crippen LogP contribution >= 0.6 is 0 Å². The molecule has 0 radical (unpaired) electrons. The van der Waals surface area contributed by atoms with Crippen LogP contribution in [0.3, 0.4) is 0 Å². The summed E-state index contributed by atoms with van der Waals surface area (Å²) in [6, 6.07) is 2.71. The molecule has 18 heavy (non-hydrogen) atoms. The lowest BCUT2D eigenvalue weighted by molar-refractivity contribution is -0.384. The number of fused-ring (bicyclic) bond motifs is 1. The first kappa shape index (κ1) is 12.1. The van der Waals surface area contributed by atoms with Crippen molar-refractivity contribution in [3.63, 3.8) is 0 Å². The molecule has 1 heterocycles.